The smallest absolute Gasteiger partial charge is 0.242 e. The first-order valence-electron chi connectivity index (χ1n) is 7.76. The van der Waals surface area contributed by atoms with Crippen molar-refractivity contribution in [1.82, 2.24) is 15.1 Å². The van der Waals surface area contributed by atoms with Crippen LogP contribution in [0, 0.1) is 19.7 Å². The molecule has 2 heterocycles. The van der Waals surface area contributed by atoms with Crippen molar-refractivity contribution >= 4 is 5.91 Å². The van der Waals surface area contributed by atoms with Crippen molar-refractivity contribution in [2.45, 2.75) is 39.3 Å². The lowest BCUT2D eigenvalue weighted by atomic mass is 10.0. The number of hydrogen-bond donors (Lipinski definition) is 1. The molecule has 1 aliphatic rings. The Kier molecular flexibility index (Phi) is 4.32. The normalized spacial score (nSPS) is 17.1. The predicted octanol–water partition coefficient (Wildman–Crippen LogP) is 2.67. The van der Waals surface area contributed by atoms with Crippen molar-refractivity contribution < 1.29 is 13.9 Å². The number of amides is 1. The number of hydrogen-bond acceptors (Lipinski definition) is 3. The first-order valence-corrected chi connectivity index (χ1v) is 7.76. The van der Waals surface area contributed by atoms with Crippen molar-refractivity contribution in [3.8, 4) is 5.75 Å². The predicted molar refractivity (Wildman–Crippen MR) is 83.7 cm³/mol. The van der Waals surface area contributed by atoms with Gasteiger partial charge in [-0.3, -0.25) is 9.48 Å². The highest BCUT2D eigenvalue weighted by atomic mass is 19.1. The van der Waals surface area contributed by atoms with E-state index in [1.807, 2.05) is 19.9 Å². The average Bonchev–Trinajstić information content (AvgIpc) is 2.70. The Labute approximate surface area is 134 Å². The number of aryl methyl sites for hydroxylation is 2. The maximum absolute atomic E-state index is 13.9. The Morgan fingerprint density at radius 3 is 3.04 bits per heavy atom. The minimum atomic E-state index is -0.387. The van der Waals surface area contributed by atoms with Crippen molar-refractivity contribution in [2.24, 2.45) is 0 Å². The molecule has 1 aromatic carbocycles. The fourth-order valence-electron chi connectivity index (χ4n) is 2.93. The van der Waals surface area contributed by atoms with Crippen molar-refractivity contribution in [2.75, 3.05) is 6.61 Å². The zero-order valence-electron chi connectivity index (χ0n) is 13.3. The maximum atomic E-state index is 13.9. The first-order chi connectivity index (χ1) is 11.0. The topological polar surface area (TPSA) is 56.2 Å². The average molecular weight is 317 g/mol. The molecule has 0 saturated carbocycles. The molecule has 6 heteroatoms. The molecule has 1 aliphatic heterocycles. The second kappa shape index (κ2) is 6.40. The number of rotatable bonds is 3. The van der Waals surface area contributed by atoms with Crippen molar-refractivity contribution in [1.29, 1.82) is 0 Å². The van der Waals surface area contributed by atoms with Gasteiger partial charge < -0.3 is 10.1 Å². The second-order valence-corrected chi connectivity index (χ2v) is 5.85. The molecule has 1 N–H and O–H groups in total. The van der Waals surface area contributed by atoms with E-state index in [2.05, 4.69) is 10.4 Å². The highest BCUT2D eigenvalue weighted by molar-refractivity contribution is 5.76. The van der Waals surface area contributed by atoms with Gasteiger partial charge in [0.15, 0.2) is 11.6 Å². The number of carbonyl (C=O) groups excluding carboxylic acids is 1. The molecule has 0 bridgehead atoms. The number of benzene rings is 1. The summed E-state index contributed by atoms with van der Waals surface area (Å²) in [6, 6.07) is 6.50. The van der Waals surface area contributed by atoms with E-state index < -0.39 is 0 Å². The second-order valence-electron chi connectivity index (χ2n) is 5.85. The molecule has 0 aliphatic carbocycles. The van der Waals surface area contributed by atoms with E-state index in [0.29, 0.717) is 12.2 Å². The van der Waals surface area contributed by atoms with Crippen LogP contribution in [0.1, 0.15) is 35.8 Å². The summed E-state index contributed by atoms with van der Waals surface area (Å²) in [4.78, 5) is 12.3. The zero-order valence-corrected chi connectivity index (χ0v) is 13.3. The summed E-state index contributed by atoms with van der Waals surface area (Å²) in [6.45, 7) is 4.42. The highest BCUT2D eigenvalue weighted by Crippen LogP contribution is 2.33. The van der Waals surface area contributed by atoms with Gasteiger partial charge in [0, 0.05) is 11.3 Å². The Morgan fingerprint density at radius 1 is 1.48 bits per heavy atom. The fraction of sp³-hybridized carbons (Fsp3) is 0.412. The van der Waals surface area contributed by atoms with Gasteiger partial charge in [0.1, 0.15) is 6.54 Å². The molecule has 1 atom stereocenters. The molecule has 0 radical (unpaired) electrons. The van der Waals surface area contributed by atoms with E-state index in [1.165, 1.54) is 6.07 Å². The third-order valence-corrected chi connectivity index (χ3v) is 3.99. The van der Waals surface area contributed by atoms with Gasteiger partial charge in [-0.25, -0.2) is 4.39 Å². The van der Waals surface area contributed by atoms with Gasteiger partial charge in [0.25, 0.3) is 0 Å². The van der Waals surface area contributed by atoms with Gasteiger partial charge >= 0.3 is 0 Å². The van der Waals surface area contributed by atoms with Gasteiger partial charge in [-0.05, 0) is 38.8 Å². The van der Waals surface area contributed by atoms with E-state index in [4.69, 9.17) is 4.74 Å². The van der Waals surface area contributed by atoms with Crippen LogP contribution in [0.15, 0.2) is 24.3 Å². The summed E-state index contributed by atoms with van der Waals surface area (Å²) in [5.74, 6) is -0.276. The lowest BCUT2D eigenvalue weighted by Gasteiger charge is -2.19. The zero-order chi connectivity index (χ0) is 16.4. The molecular formula is C17H20FN3O2. The lowest BCUT2D eigenvalue weighted by molar-refractivity contribution is -0.122. The molecular weight excluding hydrogens is 297 g/mol. The van der Waals surface area contributed by atoms with Crippen LogP contribution in [0.4, 0.5) is 4.39 Å². The molecule has 0 saturated heterocycles. The molecule has 2 aromatic rings. The summed E-state index contributed by atoms with van der Waals surface area (Å²) >= 11 is 0. The number of halogens is 1. The van der Waals surface area contributed by atoms with Gasteiger partial charge in [-0.15, -0.1) is 0 Å². The highest BCUT2D eigenvalue weighted by Gasteiger charge is 2.24. The Balaban J connectivity index is 1.76. The molecule has 1 aromatic heterocycles. The van der Waals surface area contributed by atoms with Crippen LogP contribution in [0.5, 0.6) is 5.75 Å². The number of aromatic nitrogens is 2. The molecule has 1 unspecified atom stereocenters. The van der Waals surface area contributed by atoms with Crippen LogP contribution in [0.2, 0.25) is 0 Å². The third-order valence-electron chi connectivity index (χ3n) is 3.99. The molecule has 3 rings (SSSR count). The van der Waals surface area contributed by atoms with E-state index in [1.54, 1.807) is 16.8 Å². The first kappa shape index (κ1) is 15.5. The third kappa shape index (κ3) is 3.36. The number of ether oxygens (including phenoxy) is 1. The monoisotopic (exact) mass is 317 g/mol. The number of nitrogens with one attached hydrogen (secondary N) is 1. The van der Waals surface area contributed by atoms with E-state index >= 15 is 0 Å². The number of para-hydroxylation sites is 1. The minimum absolute atomic E-state index is 0.140. The van der Waals surface area contributed by atoms with Gasteiger partial charge in [-0.1, -0.05) is 12.1 Å². The van der Waals surface area contributed by atoms with Crippen LogP contribution in [-0.4, -0.2) is 22.3 Å². The SMILES string of the molecule is Cc1cc(C)n(CC(=O)NC2CCCOc3c(F)cccc32)n1. The molecule has 0 spiro atoms. The van der Waals surface area contributed by atoms with Gasteiger partial charge in [0.2, 0.25) is 5.91 Å². The number of nitrogens with zero attached hydrogens (tertiary/aromatic N) is 2. The summed E-state index contributed by atoms with van der Waals surface area (Å²) in [5, 5.41) is 7.27. The van der Waals surface area contributed by atoms with Crippen LogP contribution < -0.4 is 10.1 Å². The van der Waals surface area contributed by atoms with Gasteiger partial charge in [0.05, 0.1) is 18.3 Å². The largest absolute Gasteiger partial charge is 0.490 e. The molecule has 5 nitrogen and oxygen atoms in total. The Hall–Kier alpha value is -2.37. The summed E-state index contributed by atoms with van der Waals surface area (Å²) in [6.07, 6.45) is 1.48. The van der Waals surface area contributed by atoms with Crippen molar-refractivity contribution in [3.05, 3.63) is 47.0 Å². The van der Waals surface area contributed by atoms with E-state index in [0.717, 1.165) is 24.2 Å². The van der Waals surface area contributed by atoms with Crippen LogP contribution in [0.3, 0.4) is 0 Å². The maximum Gasteiger partial charge on any atom is 0.242 e. The molecule has 122 valence electrons. The summed E-state index contributed by atoms with van der Waals surface area (Å²) < 4.78 is 21.1. The molecule has 23 heavy (non-hydrogen) atoms. The standard InChI is InChI=1S/C17H20FN3O2/c1-11-9-12(2)21(20-11)10-16(22)19-15-7-4-8-23-17-13(15)5-3-6-14(17)18/h3,5-6,9,15H,4,7-8,10H2,1-2H3,(H,19,22). The molecule has 0 fully saturated rings. The number of fused-ring (bicyclic) bond motifs is 1. The summed E-state index contributed by atoms with van der Waals surface area (Å²) in [7, 11) is 0. The van der Waals surface area contributed by atoms with Crippen LogP contribution in [0.25, 0.3) is 0 Å². The molecule has 1 amide bonds. The van der Waals surface area contributed by atoms with Crippen LogP contribution >= 0.6 is 0 Å². The Bertz CT molecular complexity index is 727. The quantitative estimate of drug-likeness (QED) is 0.947. The van der Waals surface area contributed by atoms with Crippen molar-refractivity contribution in [3.63, 3.8) is 0 Å². The van der Waals surface area contributed by atoms with Gasteiger partial charge in [-0.2, -0.15) is 5.10 Å². The lowest BCUT2D eigenvalue weighted by Crippen LogP contribution is -2.32. The van der Waals surface area contributed by atoms with Crippen LogP contribution in [-0.2, 0) is 11.3 Å². The van der Waals surface area contributed by atoms with E-state index in [-0.39, 0.29) is 30.1 Å². The Morgan fingerprint density at radius 2 is 2.30 bits per heavy atom. The summed E-state index contributed by atoms with van der Waals surface area (Å²) in [5.41, 5.74) is 2.52. The fourth-order valence-corrected chi connectivity index (χ4v) is 2.93. The van der Waals surface area contributed by atoms with E-state index in [9.17, 15) is 9.18 Å². The number of carbonyl (C=O) groups is 1. The minimum Gasteiger partial charge on any atom is -0.490 e.